The summed E-state index contributed by atoms with van der Waals surface area (Å²) in [6, 6.07) is 4.86. The van der Waals surface area contributed by atoms with Crippen LogP contribution in [0.15, 0.2) is 35.2 Å². The smallest absolute Gasteiger partial charge is 0.251 e. The molecule has 0 aromatic heterocycles. The van der Waals surface area contributed by atoms with Gasteiger partial charge >= 0.3 is 0 Å². The molecule has 7 nitrogen and oxygen atoms in total. The number of carbonyl (C=O) groups excluding carboxylic acids is 1. The lowest BCUT2D eigenvalue weighted by molar-refractivity contribution is 0.0936. The molecule has 0 unspecified atom stereocenters. The number of allylic oxidation sites excluding steroid dienone is 2. The van der Waals surface area contributed by atoms with Gasteiger partial charge in [0.05, 0.1) is 4.90 Å². The highest BCUT2D eigenvalue weighted by molar-refractivity contribution is 7.89. The van der Waals surface area contributed by atoms with Gasteiger partial charge in [0, 0.05) is 36.4 Å². The Morgan fingerprint density at radius 3 is 2.55 bits per heavy atom. The molecule has 8 heteroatoms. The zero-order valence-corrected chi connectivity index (χ0v) is 21.3. The van der Waals surface area contributed by atoms with Crippen molar-refractivity contribution in [2.24, 2.45) is 11.8 Å². The molecule has 1 aliphatic heterocycles. The summed E-state index contributed by atoms with van der Waals surface area (Å²) in [5.41, 5.74) is 0.400. The summed E-state index contributed by atoms with van der Waals surface area (Å²) in [6.45, 7) is 8.81. The zero-order valence-electron chi connectivity index (χ0n) is 20.5. The Bertz CT molecular complexity index is 953. The Balaban J connectivity index is 1.78. The van der Waals surface area contributed by atoms with Crippen LogP contribution in [0.3, 0.4) is 0 Å². The van der Waals surface area contributed by atoms with E-state index >= 15 is 0 Å². The molecule has 3 N–H and O–H groups in total. The van der Waals surface area contributed by atoms with E-state index in [1.165, 1.54) is 6.07 Å². The average Bonchev–Trinajstić information content (AvgIpc) is 2.75. The van der Waals surface area contributed by atoms with Gasteiger partial charge in [0.2, 0.25) is 10.0 Å². The van der Waals surface area contributed by atoms with E-state index < -0.39 is 15.6 Å². The Morgan fingerprint density at radius 1 is 1.09 bits per heavy atom. The average molecular weight is 477 g/mol. The van der Waals surface area contributed by atoms with Crippen LogP contribution in [0.2, 0.25) is 0 Å². The van der Waals surface area contributed by atoms with Crippen LogP contribution in [0, 0.1) is 11.8 Å². The molecule has 1 saturated heterocycles. The Kier molecular flexibility index (Phi) is 8.59. The minimum atomic E-state index is -3.77. The van der Waals surface area contributed by atoms with Gasteiger partial charge in [0.1, 0.15) is 0 Å². The van der Waals surface area contributed by atoms with Crippen molar-refractivity contribution in [3.63, 3.8) is 0 Å². The molecule has 1 heterocycles. The van der Waals surface area contributed by atoms with Gasteiger partial charge in [-0.3, -0.25) is 4.79 Å². The van der Waals surface area contributed by atoms with Gasteiger partial charge in [-0.05, 0) is 96.5 Å². The third-order valence-corrected chi connectivity index (χ3v) is 7.90. The second-order valence-electron chi connectivity index (χ2n) is 10.6. The number of anilines is 1. The highest BCUT2D eigenvalue weighted by atomic mass is 32.2. The molecule has 1 aromatic carbocycles. The lowest BCUT2D eigenvalue weighted by Crippen LogP contribution is -2.40. The summed E-state index contributed by atoms with van der Waals surface area (Å²) in [4.78, 5) is 15.4. The first-order valence-electron chi connectivity index (χ1n) is 12.1. The molecule has 1 aromatic rings. The topological polar surface area (TPSA) is 90.5 Å². The number of piperidine rings is 1. The molecule has 1 fully saturated rings. The first-order valence-corrected chi connectivity index (χ1v) is 13.5. The molecule has 33 heavy (non-hydrogen) atoms. The monoisotopic (exact) mass is 476 g/mol. The molecule has 0 bridgehead atoms. The Morgan fingerprint density at radius 2 is 1.88 bits per heavy atom. The number of likely N-dealkylation sites (tertiary alicyclic amines) is 1. The fourth-order valence-electron chi connectivity index (χ4n) is 4.53. The predicted octanol–water partition coefficient (Wildman–Crippen LogP) is 3.60. The van der Waals surface area contributed by atoms with Crippen molar-refractivity contribution in [3.8, 4) is 0 Å². The number of rotatable bonds is 8. The largest absolute Gasteiger partial charge is 0.385 e. The van der Waals surface area contributed by atoms with Crippen LogP contribution in [0.5, 0.6) is 0 Å². The fraction of sp³-hybridized carbons (Fsp3) is 0.640. The van der Waals surface area contributed by atoms with E-state index in [0.29, 0.717) is 29.6 Å². The normalized spacial score (nSPS) is 22.2. The summed E-state index contributed by atoms with van der Waals surface area (Å²) in [7, 11) is -1.67. The van der Waals surface area contributed by atoms with Crippen molar-refractivity contribution in [2.75, 3.05) is 38.5 Å². The van der Waals surface area contributed by atoms with Crippen molar-refractivity contribution < 1.29 is 13.2 Å². The maximum Gasteiger partial charge on any atom is 0.251 e. The number of nitrogens with one attached hydrogen (secondary N) is 3. The van der Waals surface area contributed by atoms with Gasteiger partial charge in [-0.25, -0.2) is 13.1 Å². The number of hydrogen-bond donors (Lipinski definition) is 3. The standard InChI is InChI=1S/C25H40N4O3S/c1-25(2,3)28-33(31,32)23-14-21(24(30)27-17-20-11-8-12-29(4)18-20)13-22(15-23)26-16-19-9-6-5-7-10-19/h5-6,13-15,19-20,26,28H,7-12,16-18H2,1-4H3,(H,27,30)/t19-,20+/m0/s1. The lowest BCUT2D eigenvalue weighted by atomic mass is 9.94. The molecule has 2 aliphatic rings. The molecule has 0 spiro atoms. The summed E-state index contributed by atoms with van der Waals surface area (Å²) in [5, 5.41) is 6.41. The van der Waals surface area contributed by atoms with Gasteiger partial charge in [0.15, 0.2) is 0 Å². The van der Waals surface area contributed by atoms with Crippen LogP contribution < -0.4 is 15.4 Å². The third kappa shape index (κ3) is 8.12. The predicted molar refractivity (Wildman–Crippen MR) is 134 cm³/mol. The van der Waals surface area contributed by atoms with E-state index in [-0.39, 0.29) is 10.8 Å². The van der Waals surface area contributed by atoms with Gasteiger partial charge in [0.25, 0.3) is 5.91 Å². The summed E-state index contributed by atoms with van der Waals surface area (Å²) in [5.74, 6) is 0.683. The zero-order chi connectivity index (χ0) is 24.1. The van der Waals surface area contributed by atoms with Crippen molar-refractivity contribution in [2.45, 2.75) is 63.3 Å². The van der Waals surface area contributed by atoms with E-state index in [4.69, 9.17) is 0 Å². The number of nitrogens with zero attached hydrogens (tertiary/aromatic N) is 1. The van der Waals surface area contributed by atoms with Gasteiger partial charge in [-0.2, -0.15) is 0 Å². The number of hydrogen-bond acceptors (Lipinski definition) is 5. The van der Waals surface area contributed by atoms with Crippen molar-refractivity contribution in [1.29, 1.82) is 0 Å². The first kappa shape index (κ1) is 25.7. The number of amides is 1. The maximum absolute atomic E-state index is 13.0. The molecular weight excluding hydrogens is 436 g/mol. The molecular formula is C25H40N4O3S. The maximum atomic E-state index is 13.0. The molecule has 2 atom stereocenters. The molecule has 3 rings (SSSR count). The Labute approximate surface area is 199 Å². The van der Waals surface area contributed by atoms with Crippen molar-refractivity contribution >= 4 is 21.6 Å². The summed E-state index contributed by atoms with van der Waals surface area (Å²) < 4.78 is 28.8. The first-order chi connectivity index (χ1) is 15.5. The van der Waals surface area contributed by atoms with Crippen molar-refractivity contribution in [1.82, 2.24) is 14.9 Å². The summed E-state index contributed by atoms with van der Waals surface area (Å²) in [6.07, 6.45) is 9.82. The van der Waals surface area contributed by atoms with Crippen LogP contribution in [0.4, 0.5) is 5.69 Å². The van der Waals surface area contributed by atoms with E-state index in [1.54, 1.807) is 32.9 Å². The van der Waals surface area contributed by atoms with E-state index in [9.17, 15) is 13.2 Å². The van der Waals surface area contributed by atoms with Crippen LogP contribution in [0.1, 0.15) is 63.2 Å². The fourth-order valence-corrected chi connectivity index (χ4v) is 6.02. The van der Waals surface area contributed by atoms with E-state index in [2.05, 4.69) is 39.5 Å². The molecule has 0 saturated carbocycles. The lowest BCUT2D eigenvalue weighted by Gasteiger charge is -2.29. The van der Waals surface area contributed by atoms with Crippen LogP contribution in [-0.4, -0.2) is 58.0 Å². The SMILES string of the molecule is CN1CCC[C@H](CNC(=O)c2cc(NC[C@H]3CC=CCC3)cc(S(=O)(=O)NC(C)(C)C)c2)C1. The van der Waals surface area contributed by atoms with Crippen LogP contribution >= 0.6 is 0 Å². The van der Waals surface area contributed by atoms with E-state index in [1.807, 2.05) is 0 Å². The van der Waals surface area contributed by atoms with Gasteiger partial charge in [-0.1, -0.05) is 12.2 Å². The highest BCUT2D eigenvalue weighted by Crippen LogP contribution is 2.24. The number of carbonyl (C=O) groups is 1. The van der Waals surface area contributed by atoms with Crippen LogP contribution in [0.25, 0.3) is 0 Å². The molecule has 184 valence electrons. The quantitative estimate of drug-likeness (QED) is 0.499. The minimum absolute atomic E-state index is 0.105. The van der Waals surface area contributed by atoms with Crippen LogP contribution in [-0.2, 0) is 10.0 Å². The third-order valence-electron chi connectivity index (χ3n) is 6.17. The van der Waals surface area contributed by atoms with Gasteiger partial charge in [-0.15, -0.1) is 0 Å². The molecule has 1 aliphatic carbocycles. The van der Waals surface area contributed by atoms with Crippen molar-refractivity contribution in [3.05, 3.63) is 35.9 Å². The number of benzene rings is 1. The highest BCUT2D eigenvalue weighted by Gasteiger charge is 2.25. The second-order valence-corrected chi connectivity index (χ2v) is 12.3. The second kappa shape index (κ2) is 11.0. The van der Waals surface area contributed by atoms with E-state index in [0.717, 1.165) is 51.7 Å². The number of sulfonamides is 1. The Hall–Kier alpha value is -1.90. The molecule has 0 radical (unpaired) electrons. The van der Waals surface area contributed by atoms with Gasteiger partial charge < -0.3 is 15.5 Å². The minimum Gasteiger partial charge on any atom is -0.385 e. The molecule has 1 amide bonds. The summed E-state index contributed by atoms with van der Waals surface area (Å²) >= 11 is 0.